The molecule has 1 N–H and O–H groups in total. The Balaban J connectivity index is 2.46. The molecule has 0 bridgehead atoms. The first-order valence-electron chi connectivity index (χ1n) is 8.18. The van der Waals surface area contributed by atoms with E-state index in [-0.39, 0.29) is 0 Å². The van der Waals surface area contributed by atoms with E-state index in [0.717, 1.165) is 39.2 Å². The van der Waals surface area contributed by atoms with Gasteiger partial charge in [0.05, 0.1) is 12.7 Å². The van der Waals surface area contributed by atoms with E-state index < -0.39 is 0 Å². The first-order valence-corrected chi connectivity index (χ1v) is 8.18. The van der Waals surface area contributed by atoms with Gasteiger partial charge in [0.1, 0.15) is 0 Å². The van der Waals surface area contributed by atoms with Gasteiger partial charge in [0.25, 0.3) is 0 Å². The van der Waals surface area contributed by atoms with Gasteiger partial charge in [-0.25, -0.2) is 0 Å². The molecule has 2 unspecified atom stereocenters. The van der Waals surface area contributed by atoms with Gasteiger partial charge in [-0.1, -0.05) is 34.1 Å². The summed E-state index contributed by atoms with van der Waals surface area (Å²) in [4.78, 5) is 2.61. The molecular formula is C16H34N2O. The highest BCUT2D eigenvalue weighted by Gasteiger charge is 2.28. The van der Waals surface area contributed by atoms with Crippen LogP contribution < -0.4 is 5.32 Å². The number of morpholine rings is 1. The molecule has 0 radical (unpaired) electrons. The van der Waals surface area contributed by atoms with E-state index in [9.17, 15) is 0 Å². The Morgan fingerprint density at radius 1 is 1.26 bits per heavy atom. The summed E-state index contributed by atoms with van der Waals surface area (Å²) in [7, 11) is 0. The van der Waals surface area contributed by atoms with Crippen molar-refractivity contribution in [1.29, 1.82) is 0 Å². The van der Waals surface area contributed by atoms with Gasteiger partial charge in [-0.05, 0) is 31.2 Å². The van der Waals surface area contributed by atoms with Crippen LogP contribution in [0.3, 0.4) is 0 Å². The smallest absolute Gasteiger partial charge is 0.0700 e. The lowest BCUT2D eigenvalue weighted by atomic mass is 9.84. The highest BCUT2D eigenvalue weighted by atomic mass is 16.5. The minimum absolute atomic E-state index is 0.402. The average Bonchev–Trinajstić information content (AvgIpc) is 2.39. The van der Waals surface area contributed by atoms with Crippen LogP contribution in [0.1, 0.15) is 53.4 Å². The van der Waals surface area contributed by atoms with Crippen LogP contribution >= 0.6 is 0 Å². The molecule has 0 aliphatic carbocycles. The Kier molecular flexibility index (Phi) is 7.96. The largest absolute Gasteiger partial charge is 0.376 e. The second-order valence-corrected chi connectivity index (χ2v) is 6.37. The van der Waals surface area contributed by atoms with Gasteiger partial charge in [0, 0.05) is 26.2 Å². The van der Waals surface area contributed by atoms with Crippen molar-refractivity contribution < 1.29 is 4.74 Å². The fraction of sp³-hybridized carbons (Fsp3) is 1.00. The molecule has 1 rings (SSSR count). The molecule has 2 atom stereocenters. The third-order valence-corrected chi connectivity index (χ3v) is 4.12. The predicted octanol–water partition coefficient (Wildman–Crippen LogP) is 2.90. The Morgan fingerprint density at radius 2 is 2.05 bits per heavy atom. The third-order valence-electron chi connectivity index (χ3n) is 4.12. The Bertz CT molecular complexity index is 235. The zero-order valence-electron chi connectivity index (χ0n) is 13.5. The molecule has 0 aromatic heterocycles. The maximum Gasteiger partial charge on any atom is 0.0700 e. The van der Waals surface area contributed by atoms with Crippen LogP contribution in [0.5, 0.6) is 0 Å². The Hall–Kier alpha value is -0.120. The number of nitrogens with zero attached hydrogens (tertiary/aromatic N) is 1. The molecule has 0 aromatic carbocycles. The highest BCUT2D eigenvalue weighted by Crippen LogP contribution is 2.25. The molecule has 0 saturated carbocycles. The molecule has 1 aliphatic rings. The van der Waals surface area contributed by atoms with Crippen LogP contribution in [0.15, 0.2) is 0 Å². The van der Waals surface area contributed by atoms with Crippen molar-refractivity contribution in [1.82, 2.24) is 10.2 Å². The predicted molar refractivity (Wildman–Crippen MR) is 82.6 cm³/mol. The van der Waals surface area contributed by atoms with Crippen molar-refractivity contribution in [2.75, 3.05) is 39.3 Å². The summed E-state index contributed by atoms with van der Waals surface area (Å²) in [5.74, 6) is 0. The lowest BCUT2D eigenvalue weighted by Crippen LogP contribution is -2.49. The monoisotopic (exact) mass is 270 g/mol. The van der Waals surface area contributed by atoms with E-state index in [2.05, 4.69) is 37.9 Å². The van der Waals surface area contributed by atoms with E-state index in [1.54, 1.807) is 0 Å². The van der Waals surface area contributed by atoms with E-state index >= 15 is 0 Å². The minimum atomic E-state index is 0.402. The maximum absolute atomic E-state index is 5.77. The molecule has 114 valence electrons. The zero-order valence-corrected chi connectivity index (χ0v) is 13.5. The molecule has 0 aromatic rings. The van der Waals surface area contributed by atoms with Gasteiger partial charge >= 0.3 is 0 Å². The first-order chi connectivity index (χ1) is 9.13. The van der Waals surface area contributed by atoms with Crippen molar-refractivity contribution in [3.8, 4) is 0 Å². The van der Waals surface area contributed by atoms with Crippen molar-refractivity contribution >= 4 is 0 Å². The Morgan fingerprint density at radius 3 is 2.68 bits per heavy atom. The van der Waals surface area contributed by atoms with Crippen molar-refractivity contribution in [3.63, 3.8) is 0 Å². The SMILES string of the molecule is CCCNCC(C)(CCC)CN1CCOC(CC)C1. The summed E-state index contributed by atoms with van der Waals surface area (Å²) in [6.45, 7) is 15.8. The Labute approximate surface area is 120 Å². The normalized spacial score (nSPS) is 24.3. The number of hydrogen-bond acceptors (Lipinski definition) is 3. The summed E-state index contributed by atoms with van der Waals surface area (Å²) in [5.41, 5.74) is 0.402. The van der Waals surface area contributed by atoms with E-state index in [1.807, 2.05) is 0 Å². The van der Waals surface area contributed by atoms with Crippen molar-refractivity contribution in [2.24, 2.45) is 5.41 Å². The van der Waals surface area contributed by atoms with Gasteiger partial charge in [-0.15, -0.1) is 0 Å². The van der Waals surface area contributed by atoms with Crippen LogP contribution in [-0.4, -0.2) is 50.3 Å². The molecule has 1 aliphatic heterocycles. The number of nitrogens with one attached hydrogen (secondary N) is 1. The van der Waals surface area contributed by atoms with Gasteiger partial charge in [0.15, 0.2) is 0 Å². The molecule has 1 saturated heterocycles. The topological polar surface area (TPSA) is 24.5 Å². The summed E-state index contributed by atoms with van der Waals surface area (Å²) in [6.07, 6.45) is 5.37. The second-order valence-electron chi connectivity index (χ2n) is 6.37. The maximum atomic E-state index is 5.77. The van der Waals surface area contributed by atoms with E-state index in [1.165, 1.54) is 25.8 Å². The standard InChI is InChI=1S/C16H34N2O/c1-5-8-16(4,13-17-9-6-2)14-18-10-11-19-15(7-3)12-18/h15,17H,5-14H2,1-4H3. The van der Waals surface area contributed by atoms with Crippen LogP contribution in [0.2, 0.25) is 0 Å². The van der Waals surface area contributed by atoms with Gasteiger partial charge in [-0.3, -0.25) is 4.90 Å². The van der Waals surface area contributed by atoms with Crippen molar-refractivity contribution in [2.45, 2.75) is 59.5 Å². The molecule has 0 spiro atoms. The van der Waals surface area contributed by atoms with Crippen molar-refractivity contribution in [3.05, 3.63) is 0 Å². The summed E-state index contributed by atoms with van der Waals surface area (Å²) in [6, 6.07) is 0. The summed E-state index contributed by atoms with van der Waals surface area (Å²) < 4.78 is 5.77. The molecule has 19 heavy (non-hydrogen) atoms. The fourth-order valence-corrected chi connectivity index (χ4v) is 3.10. The third kappa shape index (κ3) is 6.24. The van der Waals surface area contributed by atoms with Crippen LogP contribution in [-0.2, 0) is 4.74 Å². The molecule has 1 heterocycles. The van der Waals surface area contributed by atoms with E-state index in [4.69, 9.17) is 4.74 Å². The van der Waals surface area contributed by atoms with E-state index in [0.29, 0.717) is 11.5 Å². The molecule has 3 nitrogen and oxygen atoms in total. The molecule has 0 amide bonds. The summed E-state index contributed by atoms with van der Waals surface area (Å²) in [5, 5.41) is 3.62. The number of ether oxygens (including phenoxy) is 1. The lowest BCUT2D eigenvalue weighted by Gasteiger charge is -2.39. The number of hydrogen-bond donors (Lipinski definition) is 1. The van der Waals surface area contributed by atoms with Crippen LogP contribution in [0.4, 0.5) is 0 Å². The van der Waals surface area contributed by atoms with Gasteiger partial charge in [0.2, 0.25) is 0 Å². The number of rotatable bonds is 9. The molecular weight excluding hydrogens is 236 g/mol. The lowest BCUT2D eigenvalue weighted by molar-refractivity contribution is -0.0417. The second kappa shape index (κ2) is 8.93. The molecule has 1 fully saturated rings. The summed E-state index contributed by atoms with van der Waals surface area (Å²) >= 11 is 0. The fourth-order valence-electron chi connectivity index (χ4n) is 3.10. The highest BCUT2D eigenvalue weighted by molar-refractivity contribution is 4.83. The average molecular weight is 270 g/mol. The zero-order chi connectivity index (χ0) is 14.1. The quantitative estimate of drug-likeness (QED) is 0.652. The van der Waals surface area contributed by atoms with Crippen LogP contribution in [0.25, 0.3) is 0 Å². The minimum Gasteiger partial charge on any atom is -0.376 e. The van der Waals surface area contributed by atoms with Gasteiger partial charge < -0.3 is 10.1 Å². The first kappa shape index (κ1) is 16.9. The molecule has 3 heteroatoms. The van der Waals surface area contributed by atoms with Gasteiger partial charge in [-0.2, -0.15) is 0 Å². The van der Waals surface area contributed by atoms with Crippen LogP contribution in [0, 0.1) is 5.41 Å².